The van der Waals surface area contributed by atoms with Crippen LogP contribution >= 0.6 is 0 Å². The number of nitrogens with zero attached hydrogens (tertiary/aromatic N) is 7. The molecule has 15 nitrogen and oxygen atoms in total. The van der Waals surface area contributed by atoms with E-state index in [0.29, 0.717) is 34.4 Å². The van der Waals surface area contributed by atoms with Gasteiger partial charge < -0.3 is 30.8 Å². The molecule has 0 unspecified atom stereocenters. The monoisotopic (exact) mass is 795 g/mol. The van der Waals surface area contributed by atoms with E-state index in [1.54, 1.807) is 12.4 Å². The first-order valence-electron chi connectivity index (χ1n) is 20.5. The van der Waals surface area contributed by atoms with Gasteiger partial charge in [0.1, 0.15) is 11.4 Å². The number of benzene rings is 4. The van der Waals surface area contributed by atoms with E-state index in [1.165, 1.54) is 0 Å². The molecule has 0 bridgehead atoms. The van der Waals surface area contributed by atoms with Crippen LogP contribution in [0, 0.1) is 5.92 Å². The number of anilines is 3. The van der Waals surface area contributed by atoms with Crippen LogP contribution in [0.5, 0.6) is 0 Å². The summed E-state index contributed by atoms with van der Waals surface area (Å²) in [6.45, 7) is 1.62. The smallest absolute Gasteiger partial charge is 0.319 e. The molecule has 1 aliphatic carbocycles. The van der Waals surface area contributed by atoms with Gasteiger partial charge in [-0.15, -0.1) is 0 Å². The van der Waals surface area contributed by atoms with Crippen molar-refractivity contribution < 1.29 is 9.59 Å². The normalized spacial score (nSPS) is 15.1. The molecule has 5 aromatic heterocycles. The van der Waals surface area contributed by atoms with E-state index >= 15 is 0 Å². The Morgan fingerprint density at radius 1 is 0.667 bits per heavy atom. The van der Waals surface area contributed by atoms with Crippen molar-refractivity contribution in [2.75, 3.05) is 28.6 Å². The third kappa shape index (κ3) is 6.63. The lowest BCUT2D eigenvalue weighted by atomic mass is 9.95. The maximum Gasteiger partial charge on any atom is 0.319 e. The molecule has 3 amide bonds. The van der Waals surface area contributed by atoms with E-state index in [0.717, 1.165) is 107 Å². The van der Waals surface area contributed by atoms with Crippen LogP contribution in [-0.4, -0.2) is 76.0 Å². The third-order valence-corrected chi connectivity index (χ3v) is 11.9. The fourth-order valence-electron chi connectivity index (χ4n) is 8.76. The van der Waals surface area contributed by atoms with Crippen molar-refractivity contribution in [2.45, 2.75) is 44.6 Å². The van der Waals surface area contributed by atoms with Crippen molar-refractivity contribution in [3.8, 4) is 28.7 Å². The van der Waals surface area contributed by atoms with Gasteiger partial charge in [0.05, 0.1) is 38.8 Å². The lowest BCUT2D eigenvalue weighted by molar-refractivity contribution is -0.120. The average Bonchev–Trinajstić information content (AvgIpc) is 4.13. The first kappa shape index (κ1) is 35.6. The van der Waals surface area contributed by atoms with Gasteiger partial charge in [-0.3, -0.25) is 14.9 Å². The summed E-state index contributed by atoms with van der Waals surface area (Å²) in [5.74, 6) is 1.15. The zero-order valence-electron chi connectivity index (χ0n) is 32.6. The van der Waals surface area contributed by atoms with Crippen LogP contribution < -0.4 is 20.9 Å². The third-order valence-electron chi connectivity index (χ3n) is 11.9. The summed E-state index contributed by atoms with van der Waals surface area (Å²) in [6.07, 6.45) is 9.46. The second-order valence-electron chi connectivity index (χ2n) is 15.8. The molecule has 0 spiro atoms. The number of piperidine rings is 1. The Morgan fingerprint density at radius 2 is 1.38 bits per heavy atom. The predicted molar refractivity (Wildman–Crippen MR) is 233 cm³/mol. The summed E-state index contributed by atoms with van der Waals surface area (Å²) in [5, 5.41) is 23.8. The van der Waals surface area contributed by atoms with E-state index in [1.807, 2.05) is 95.7 Å². The van der Waals surface area contributed by atoms with E-state index in [-0.39, 0.29) is 23.9 Å². The summed E-state index contributed by atoms with van der Waals surface area (Å²) in [4.78, 5) is 49.6. The lowest BCUT2D eigenvalue weighted by Gasteiger charge is -2.32. The second-order valence-corrected chi connectivity index (χ2v) is 15.8. The molecule has 9 aromatic rings. The minimum Gasteiger partial charge on any atom is -0.371 e. The fraction of sp³-hybridized carbons (Fsp3) is 0.222. The Balaban J connectivity index is 0.896. The molecule has 15 heteroatoms. The number of fused-ring (bicyclic) bond motifs is 4. The van der Waals surface area contributed by atoms with E-state index < -0.39 is 0 Å². The number of rotatable bonds is 8. The summed E-state index contributed by atoms with van der Waals surface area (Å²) >= 11 is 0. The summed E-state index contributed by atoms with van der Waals surface area (Å²) in [6, 6.07) is 29.5. The topological polar surface area (TPSA) is 190 Å². The van der Waals surface area contributed by atoms with Gasteiger partial charge in [-0.1, -0.05) is 25.0 Å². The lowest BCUT2D eigenvalue weighted by Crippen LogP contribution is -2.38. The second kappa shape index (κ2) is 14.7. The maximum atomic E-state index is 13.6. The van der Waals surface area contributed by atoms with Crippen molar-refractivity contribution >= 4 is 72.9 Å². The zero-order valence-corrected chi connectivity index (χ0v) is 32.6. The summed E-state index contributed by atoms with van der Waals surface area (Å²) in [5.41, 5.74) is 9.61. The van der Waals surface area contributed by atoms with Gasteiger partial charge in [0.15, 0.2) is 11.6 Å². The molecule has 1 saturated carbocycles. The van der Waals surface area contributed by atoms with Crippen molar-refractivity contribution in [2.24, 2.45) is 5.92 Å². The molecule has 0 radical (unpaired) electrons. The zero-order chi connectivity index (χ0) is 40.2. The highest BCUT2D eigenvalue weighted by Gasteiger charge is 2.26. The predicted octanol–water partition coefficient (Wildman–Crippen LogP) is 8.30. The van der Waals surface area contributed by atoms with Crippen LogP contribution in [0.25, 0.3) is 72.6 Å². The number of urea groups is 1. The number of aromatic nitrogens is 9. The molecule has 298 valence electrons. The molecule has 6 N–H and O–H groups in total. The number of para-hydroxylation sites is 2. The SMILES string of the molecule is O=C(Nc1ccc2[nH]nc(-c3nc4cc(-n5nc(-c6nc7ccccc7[nH]6)c6cc(NC(=O)C7CCN(c8ccncc8)CC7)ccc65)ccc4[nH]3)c2c1)NC1CCCC1. The Labute approximate surface area is 343 Å². The Morgan fingerprint density at radius 3 is 2.22 bits per heavy atom. The van der Waals surface area contributed by atoms with E-state index in [9.17, 15) is 9.59 Å². The highest BCUT2D eigenvalue weighted by atomic mass is 16.2. The van der Waals surface area contributed by atoms with Crippen LogP contribution in [0.4, 0.5) is 21.9 Å². The quantitative estimate of drug-likeness (QED) is 0.0885. The number of carbonyl (C=O) groups is 2. The van der Waals surface area contributed by atoms with Crippen molar-refractivity contribution in [1.82, 2.24) is 50.2 Å². The van der Waals surface area contributed by atoms with Gasteiger partial charge in [0.25, 0.3) is 0 Å². The highest BCUT2D eigenvalue weighted by Crippen LogP contribution is 2.34. The molecule has 1 saturated heterocycles. The number of H-pyrrole nitrogens is 3. The largest absolute Gasteiger partial charge is 0.371 e. The highest BCUT2D eigenvalue weighted by molar-refractivity contribution is 6.01. The number of carbonyl (C=O) groups excluding carboxylic acids is 2. The molecular weight excluding hydrogens is 755 g/mol. The minimum atomic E-state index is -0.202. The number of hydrogen-bond donors (Lipinski definition) is 6. The number of hydrogen-bond acceptors (Lipinski definition) is 8. The first-order valence-corrected chi connectivity index (χ1v) is 20.5. The van der Waals surface area contributed by atoms with Gasteiger partial charge in [0, 0.05) is 65.3 Å². The number of nitrogens with one attached hydrogen (secondary N) is 6. The number of aromatic amines is 3. The number of amides is 3. The van der Waals surface area contributed by atoms with Gasteiger partial charge in [-0.05, 0) is 105 Å². The number of imidazole rings is 2. The first-order chi connectivity index (χ1) is 29.5. The average molecular weight is 796 g/mol. The number of pyridine rings is 1. The summed E-state index contributed by atoms with van der Waals surface area (Å²) < 4.78 is 1.89. The van der Waals surface area contributed by atoms with Crippen LogP contribution in [-0.2, 0) is 4.79 Å². The van der Waals surface area contributed by atoms with Crippen LogP contribution in [0.3, 0.4) is 0 Å². The van der Waals surface area contributed by atoms with Crippen molar-refractivity contribution in [3.05, 3.63) is 103 Å². The van der Waals surface area contributed by atoms with Gasteiger partial charge >= 0.3 is 6.03 Å². The Kier molecular flexibility index (Phi) is 8.71. The van der Waals surface area contributed by atoms with Crippen molar-refractivity contribution in [1.29, 1.82) is 0 Å². The van der Waals surface area contributed by atoms with Crippen LogP contribution in [0.15, 0.2) is 103 Å². The molecule has 11 rings (SSSR count). The molecule has 60 heavy (non-hydrogen) atoms. The van der Waals surface area contributed by atoms with Crippen LogP contribution in [0.2, 0.25) is 0 Å². The van der Waals surface area contributed by atoms with E-state index in [4.69, 9.17) is 15.1 Å². The van der Waals surface area contributed by atoms with E-state index in [2.05, 4.69) is 46.0 Å². The van der Waals surface area contributed by atoms with Gasteiger partial charge in [0.2, 0.25) is 5.91 Å². The molecule has 2 aliphatic rings. The Bertz CT molecular complexity index is 3020. The van der Waals surface area contributed by atoms with Gasteiger partial charge in [-0.2, -0.15) is 10.2 Å². The van der Waals surface area contributed by atoms with Crippen molar-refractivity contribution in [3.63, 3.8) is 0 Å². The maximum absolute atomic E-state index is 13.6. The summed E-state index contributed by atoms with van der Waals surface area (Å²) in [7, 11) is 0. The Hall–Kier alpha value is -7.55. The molecule has 1 aliphatic heterocycles. The fourth-order valence-corrected chi connectivity index (χ4v) is 8.76. The molecule has 4 aromatic carbocycles. The van der Waals surface area contributed by atoms with Gasteiger partial charge in [-0.25, -0.2) is 19.4 Å². The molecule has 6 heterocycles. The minimum absolute atomic E-state index is 0.0168. The van der Waals surface area contributed by atoms with Crippen LogP contribution in [0.1, 0.15) is 38.5 Å². The standard InChI is InChI=1S/C45H41N13O2/c59-44(26-17-21-57(22-18-26)30-15-19-46-20-16-30)47-28-10-14-39-33(24-28)41(43-50-35-7-3-4-8-36(35)51-43)56-58(39)31-11-13-37-38(25-31)53-42(52-37)40-32-23-29(9-12-34(32)54-55-40)49-45(60)48-27-5-1-2-6-27/h3-4,7-16,19-20,23-27H,1-2,5-6,17-18,21-22H2,(H,47,59)(H,50,51)(H,52,53)(H,54,55)(H2,48,49,60). The molecular formula is C45H41N13O2. The molecule has 2 fully saturated rings. The molecule has 0 atom stereocenters.